The van der Waals surface area contributed by atoms with Crippen molar-refractivity contribution >= 4 is 23.4 Å². The van der Waals surface area contributed by atoms with E-state index in [1.54, 1.807) is 49.5 Å². The number of ether oxygens (including phenoxy) is 3. The summed E-state index contributed by atoms with van der Waals surface area (Å²) in [6, 6.07) is 21.2. The van der Waals surface area contributed by atoms with E-state index in [-0.39, 0.29) is 31.0 Å². The van der Waals surface area contributed by atoms with Crippen molar-refractivity contribution in [1.82, 2.24) is 10.2 Å². The van der Waals surface area contributed by atoms with Crippen LogP contribution in [0.25, 0.3) is 0 Å². The first-order valence-electron chi connectivity index (χ1n) is 12.6. The summed E-state index contributed by atoms with van der Waals surface area (Å²) in [5.74, 6) is 0.958. The Morgan fingerprint density at radius 1 is 0.895 bits per heavy atom. The maximum absolute atomic E-state index is 13.7. The second-order valence-electron chi connectivity index (χ2n) is 9.01. The minimum atomic E-state index is -0.752. The van der Waals surface area contributed by atoms with Crippen molar-refractivity contribution in [2.24, 2.45) is 0 Å². The van der Waals surface area contributed by atoms with Gasteiger partial charge in [0.25, 0.3) is 5.91 Å². The number of halogens is 1. The number of benzene rings is 3. The lowest BCUT2D eigenvalue weighted by molar-refractivity contribution is -0.143. The molecule has 2 unspecified atom stereocenters. The summed E-state index contributed by atoms with van der Waals surface area (Å²) in [7, 11) is 3.09. The Hall–Kier alpha value is -3.71. The van der Waals surface area contributed by atoms with Crippen LogP contribution in [0.3, 0.4) is 0 Å². The molecule has 0 aliphatic rings. The second-order valence-corrected chi connectivity index (χ2v) is 9.44. The molecule has 38 heavy (non-hydrogen) atoms. The first-order chi connectivity index (χ1) is 18.3. The lowest BCUT2D eigenvalue weighted by Gasteiger charge is -2.32. The van der Waals surface area contributed by atoms with Crippen LogP contribution < -0.4 is 19.5 Å². The number of amides is 2. The molecule has 1 N–H and O–H groups in total. The fourth-order valence-electron chi connectivity index (χ4n) is 3.87. The highest BCUT2D eigenvalue weighted by atomic mass is 35.5. The van der Waals surface area contributed by atoms with Gasteiger partial charge in [0.15, 0.2) is 6.61 Å². The molecule has 3 rings (SSSR count). The SMILES string of the molecule is CCC(C)NC(=O)C(Cc1ccccc1)N(Cc1ccc(Cl)cc1)C(=O)COc1cc(OC)cc(OC)c1. The van der Waals surface area contributed by atoms with Crippen molar-refractivity contribution < 1.29 is 23.8 Å². The third-order valence-electron chi connectivity index (χ3n) is 6.23. The Bertz CT molecular complexity index is 1160. The smallest absolute Gasteiger partial charge is 0.261 e. The van der Waals surface area contributed by atoms with E-state index < -0.39 is 6.04 Å². The molecule has 0 radical (unpaired) electrons. The highest BCUT2D eigenvalue weighted by molar-refractivity contribution is 6.30. The largest absolute Gasteiger partial charge is 0.496 e. The molecule has 3 aromatic carbocycles. The van der Waals surface area contributed by atoms with Crippen LogP contribution in [-0.4, -0.2) is 49.6 Å². The van der Waals surface area contributed by atoms with E-state index in [0.717, 1.165) is 17.5 Å². The standard InChI is InChI=1S/C30H35ClN2O5/c1-5-21(2)32-30(35)28(15-22-9-7-6-8-10-22)33(19-23-11-13-24(31)14-12-23)29(34)20-38-27-17-25(36-3)16-26(18-27)37-4/h6-14,16-18,21,28H,5,15,19-20H2,1-4H3,(H,32,35). The molecule has 0 aliphatic heterocycles. The van der Waals surface area contributed by atoms with Gasteiger partial charge in [0, 0.05) is 42.2 Å². The molecule has 0 bridgehead atoms. The third-order valence-corrected chi connectivity index (χ3v) is 6.48. The Morgan fingerprint density at radius 3 is 2.08 bits per heavy atom. The molecule has 0 fully saturated rings. The van der Waals surface area contributed by atoms with E-state index >= 15 is 0 Å². The van der Waals surface area contributed by atoms with Crippen LogP contribution in [0.4, 0.5) is 0 Å². The molecule has 0 saturated carbocycles. The van der Waals surface area contributed by atoms with Gasteiger partial charge < -0.3 is 24.4 Å². The number of rotatable bonds is 13. The zero-order valence-corrected chi connectivity index (χ0v) is 23.0. The highest BCUT2D eigenvalue weighted by Gasteiger charge is 2.31. The van der Waals surface area contributed by atoms with Gasteiger partial charge in [-0.05, 0) is 36.6 Å². The molecule has 8 heteroatoms. The molecule has 0 saturated heterocycles. The average molecular weight is 539 g/mol. The lowest BCUT2D eigenvalue weighted by atomic mass is 10.0. The van der Waals surface area contributed by atoms with Crippen molar-refractivity contribution in [2.45, 2.75) is 45.3 Å². The topological polar surface area (TPSA) is 77.1 Å². The molecule has 7 nitrogen and oxygen atoms in total. The zero-order chi connectivity index (χ0) is 27.5. The van der Waals surface area contributed by atoms with E-state index in [9.17, 15) is 9.59 Å². The van der Waals surface area contributed by atoms with Crippen molar-refractivity contribution in [3.8, 4) is 17.2 Å². The summed E-state index contributed by atoms with van der Waals surface area (Å²) in [4.78, 5) is 28.8. The van der Waals surface area contributed by atoms with Gasteiger partial charge in [-0.2, -0.15) is 0 Å². The number of nitrogens with one attached hydrogen (secondary N) is 1. The maximum Gasteiger partial charge on any atom is 0.261 e. The lowest BCUT2D eigenvalue weighted by Crippen LogP contribution is -2.53. The Labute approximate surface area is 229 Å². The predicted octanol–water partition coefficient (Wildman–Crippen LogP) is 5.29. The van der Waals surface area contributed by atoms with Gasteiger partial charge in [-0.25, -0.2) is 0 Å². The second kappa shape index (κ2) is 14.3. The molecule has 0 aromatic heterocycles. The van der Waals surface area contributed by atoms with Crippen LogP contribution >= 0.6 is 11.6 Å². The monoisotopic (exact) mass is 538 g/mol. The highest BCUT2D eigenvalue weighted by Crippen LogP contribution is 2.27. The Morgan fingerprint density at radius 2 is 1.50 bits per heavy atom. The van der Waals surface area contributed by atoms with Gasteiger partial charge in [-0.15, -0.1) is 0 Å². The van der Waals surface area contributed by atoms with Crippen LogP contribution in [0.5, 0.6) is 17.2 Å². The van der Waals surface area contributed by atoms with E-state index in [4.69, 9.17) is 25.8 Å². The molecule has 202 valence electrons. The molecule has 0 aliphatic carbocycles. The summed E-state index contributed by atoms with van der Waals surface area (Å²) >= 11 is 6.09. The molecule has 2 atom stereocenters. The van der Waals surface area contributed by atoms with Gasteiger partial charge in [0.05, 0.1) is 14.2 Å². The summed E-state index contributed by atoms with van der Waals surface area (Å²) in [5, 5.41) is 3.65. The van der Waals surface area contributed by atoms with E-state index in [1.807, 2.05) is 56.3 Å². The normalized spacial score (nSPS) is 12.2. The van der Waals surface area contributed by atoms with E-state index in [2.05, 4.69) is 5.32 Å². The minimum absolute atomic E-state index is 0.0336. The minimum Gasteiger partial charge on any atom is -0.496 e. The van der Waals surface area contributed by atoms with Crippen LogP contribution in [0, 0.1) is 0 Å². The molecule has 3 aromatic rings. The number of carbonyl (C=O) groups is 2. The van der Waals surface area contributed by atoms with Crippen molar-refractivity contribution in [2.75, 3.05) is 20.8 Å². The van der Waals surface area contributed by atoms with Crippen LogP contribution in [0.2, 0.25) is 5.02 Å². The number of carbonyl (C=O) groups excluding carboxylic acids is 2. The summed E-state index contributed by atoms with van der Waals surface area (Å²) in [6.07, 6.45) is 1.13. The van der Waals surface area contributed by atoms with E-state index in [0.29, 0.717) is 28.7 Å². The van der Waals surface area contributed by atoms with Crippen LogP contribution in [0.15, 0.2) is 72.8 Å². The zero-order valence-electron chi connectivity index (χ0n) is 22.3. The van der Waals surface area contributed by atoms with E-state index in [1.165, 1.54) is 0 Å². The molecule has 0 heterocycles. The van der Waals surface area contributed by atoms with Crippen molar-refractivity contribution in [1.29, 1.82) is 0 Å². The van der Waals surface area contributed by atoms with Gasteiger partial charge in [-0.1, -0.05) is 61.0 Å². The van der Waals surface area contributed by atoms with Gasteiger partial charge in [0.1, 0.15) is 23.3 Å². The van der Waals surface area contributed by atoms with Crippen molar-refractivity contribution in [3.63, 3.8) is 0 Å². The van der Waals surface area contributed by atoms with Crippen LogP contribution in [-0.2, 0) is 22.6 Å². The van der Waals surface area contributed by atoms with Crippen LogP contribution in [0.1, 0.15) is 31.4 Å². The van der Waals surface area contributed by atoms with Gasteiger partial charge >= 0.3 is 0 Å². The molecular formula is C30H35ClN2O5. The quantitative estimate of drug-likeness (QED) is 0.320. The number of hydrogen-bond donors (Lipinski definition) is 1. The Balaban J connectivity index is 1.92. The number of methoxy groups -OCH3 is 2. The molecule has 0 spiro atoms. The van der Waals surface area contributed by atoms with Crippen molar-refractivity contribution in [3.05, 3.63) is 88.9 Å². The molecule has 2 amide bonds. The fourth-order valence-corrected chi connectivity index (χ4v) is 4.00. The first-order valence-corrected chi connectivity index (χ1v) is 12.9. The summed E-state index contributed by atoms with van der Waals surface area (Å²) < 4.78 is 16.5. The Kier molecular flexibility index (Phi) is 10.8. The van der Waals surface area contributed by atoms with Gasteiger partial charge in [-0.3, -0.25) is 9.59 Å². The van der Waals surface area contributed by atoms with Gasteiger partial charge in [0.2, 0.25) is 5.91 Å². The first kappa shape index (κ1) is 28.9. The average Bonchev–Trinajstić information content (AvgIpc) is 2.94. The summed E-state index contributed by atoms with van der Waals surface area (Å²) in [5.41, 5.74) is 1.80. The maximum atomic E-state index is 13.7. The molecular weight excluding hydrogens is 504 g/mol. The fraction of sp³-hybridized carbons (Fsp3) is 0.333. The summed E-state index contributed by atoms with van der Waals surface area (Å²) in [6.45, 7) is 3.89. The predicted molar refractivity (Wildman–Crippen MR) is 149 cm³/mol. The third kappa shape index (κ3) is 8.42. The number of hydrogen-bond acceptors (Lipinski definition) is 5. The number of nitrogens with zero attached hydrogens (tertiary/aromatic N) is 1.